The molecule has 0 atom stereocenters. The number of aromatic nitrogens is 4. The number of methoxy groups -OCH3 is 2. The third kappa shape index (κ3) is 3.35. The van der Waals surface area contributed by atoms with Gasteiger partial charge in [0, 0.05) is 10.4 Å². The lowest BCUT2D eigenvalue weighted by Gasteiger charge is -2.07. The fraction of sp³-hybridized carbons (Fsp3) is 0.300. The molecule has 10 heteroatoms. The Labute approximate surface area is 179 Å². The van der Waals surface area contributed by atoms with Crippen LogP contribution < -0.4 is 15.0 Å². The Bertz CT molecular complexity index is 1290. The number of nitrogens with zero attached hydrogens (tertiary/aromatic N) is 3. The van der Waals surface area contributed by atoms with Gasteiger partial charge in [0.2, 0.25) is 11.8 Å². The average molecular weight is 443 g/mol. The molecule has 5 rings (SSSR count). The molecule has 3 aromatic heterocycles. The van der Waals surface area contributed by atoms with Crippen molar-refractivity contribution in [3.63, 3.8) is 0 Å². The molecule has 0 bridgehead atoms. The fourth-order valence-corrected chi connectivity index (χ4v) is 5.60. The van der Waals surface area contributed by atoms with E-state index >= 15 is 0 Å². The minimum absolute atomic E-state index is 0.0709. The molecule has 3 heterocycles. The van der Waals surface area contributed by atoms with Gasteiger partial charge >= 0.3 is 0 Å². The second-order valence-electron chi connectivity index (χ2n) is 6.77. The van der Waals surface area contributed by atoms with E-state index in [1.54, 1.807) is 37.7 Å². The zero-order valence-electron chi connectivity index (χ0n) is 16.4. The van der Waals surface area contributed by atoms with Gasteiger partial charge in [0.05, 0.1) is 25.4 Å². The highest BCUT2D eigenvalue weighted by atomic mass is 32.2. The summed E-state index contributed by atoms with van der Waals surface area (Å²) in [4.78, 5) is 22.2. The van der Waals surface area contributed by atoms with Crippen molar-refractivity contribution in [1.82, 2.24) is 20.2 Å². The highest BCUT2D eigenvalue weighted by molar-refractivity contribution is 7.98. The number of H-pyrrole nitrogens is 1. The molecule has 1 N–H and O–H groups in total. The number of aryl methyl sites for hydroxylation is 2. The second kappa shape index (κ2) is 7.77. The molecule has 1 aliphatic carbocycles. The third-order valence-electron chi connectivity index (χ3n) is 4.98. The van der Waals surface area contributed by atoms with Gasteiger partial charge in [0.25, 0.3) is 5.56 Å². The minimum Gasteiger partial charge on any atom is -0.493 e. The van der Waals surface area contributed by atoms with Gasteiger partial charge < -0.3 is 18.9 Å². The van der Waals surface area contributed by atoms with E-state index in [-0.39, 0.29) is 5.56 Å². The van der Waals surface area contributed by atoms with Crippen molar-refractivity contribution < 1.29 is 13.9 Å². The van der Waals surface area contributed by atoms with Gasteiger partial charge in [-0.3, -0.25) is 4.79 Å². The van der Waals surface area contributed by atoms with E-state index < -0.39 is 0 Å². The second-order valence-corrected chi connectivity index (χ2v) is 8.82. The SMILES string of the molecule is COc1ccc(-c2nnc(CSc3nc4sc5c(c4c(=O)[nH]3)CCC5)o2)cc1OC. The van der Waals surface area contributed by atoms with Crippen LogP contribution in [0.1, 0.15) is 22.8 Å². The van der Waals surface area contributed by atoms with Gasteiger partial charge in [0.1, 0.15) is 4.83 Å². The largest absolute Gasteiger partial charge is 0.493 e. The van der Waals surface area contributed by atoms with Crippen LogP contribution in [0.2, 0.25) is 0 Å². The normalized spacial score (nSPS) is 13.0. The van der Waals surface area contributed by atoms with E-state index in [0.29, 0.717) is 34.2 Å². The standard InChI is InChI=1S/C20H18N4O4S2/c1-26-12-7-6-10(8-13(12)27-2)18-24-23-15(28-18)9-29-20-21-17(25)16-11-4-3-5-14(11)30-19(16)22-20/h6-8H,3-5,9H2,1-2H3,(H,21,22,25). The van der Waals surface area contributed by atoms with E-state index in [1.165, 1.54) is 22.2 Å². The molecule has 0 fully saturated rings. The number of thiophene rings is 1. The molecular formula is C20H18N4O4S2. The summed E-state index contributed by atoms with van der Waals surface area (Å²) in [5.41, 5.74) is 1.84. The molecule has 4 aromatic rings. The predicted molar refractivity (Wildman–Crippen MR) is 115 cm³/mol. The first-order chi connectivity index (χ1) is 14.7. The number of hydrogen-bond acceptors (Lipinski definition) is 9. The third-order valence-corrected chi connectivity index (χ3v) is 7.03. The number of benzene rings is 1. The summed E-state index contributed by atoms with van der Waals surface area (Å²) in [7, 11) is 3.16. The minimum atomic E-state index is -0.0709. The Kier molecular flexibility index (Phi) is 4.95. The number of aromatic amines is 1. The van der Waals surface area contributed by atoms with E-state index in [9.17, 15) is 4.79 Å². The number of thioether (sulfide) groups is 1. The molecule has 0 radical (unpaired) electrons. The van der Waals surface area contributed by atoms with Gasteiger partial charge in [-0.15, -0.1) is 21.5 Å². The maximum Gasteiger partial charge on any atom is 0.260 e. The summed E-state index contributed by atoms with van der Waals surface area (Å²) < 4.78 is 16.3. The monoisotopic (exact) mass is 442 g/mol. The van der Waals surface area contributed by atoms with Crippen LogP contribution in [0.3, 0.4) is 0 Å². The van der Waals surface area contributed by atoms with Crippen LogP contribution >= 0.6 is 23.1 Å². The lowest BCUT2D eigenvalue weighted by molar-refractivity contribution is 0.355. The Hall–Kier alpha value is -2.85. The fourth-order valence-electron chi connectivity index (χ4n) is 3.58. The van der Waals surface area contributed by atoms with Crippen molar-refractivity contribution in [3.8, 4) is 23.0 Å². The lowest BCUT2D eigenvalue weighted by Crippen LogP contribution is -2.09. The Morgan fingerprint density at radius 2 is 2.07 bits per heavy atom. The summed E-state index contributed by atoms with van der Waals surface area (Å²) in [6.07, 6.45) is 3.12. The predicted octanol–water partition coefficient (Wildman–Crippen LogP) is 3.83. The quantitative estimate of drug-likeness (QED) is 0.355. The number of rotatable bonds is 6. The van der Waals surface area contributed by atoms with Crippen molar-refractivity contribution in [3.05, 3.63) is 44.9 Å². The summed E-state index contributed by atoms with van der Waals surface area (Å²) in [6.45, 7) is 0. The van der Waals surface area contributed by atoms with Crippen molar-refractivity contribution in [2.75, 3.05) is 14.2 Å². The maximum atomic E-state index is 12.6. The molecule has 1 aliphatic rings. The highest BCUT2D eigenvalue weighted by Gasteiger charge is 2.21. The molecule has 0 aliphatic heterocycles. The molecule has 1 aromatic carbocycles. The van der Waals surface area contributed by atoms with Crippen LogP contribution in [-0.4, -0.2) is 34.4 Å². The number of fused-ring (bicyclic) bond motifs is 3. The zero-order chi connectivity index (χ0) is 20.7. The summed E-state index contributed by atoms with van der Waals surface area (Å²) >= 11 is 2.99. The van der Waals surface area contributed by atoms with Crippen LogP contribution in [0.15, 0.2) is 32.6 Å². The number of ether oxygens (including phenoxy) is 2. The van der Waals surface area contributed by atoms with E-state index in [0.717, 1.165) is 35.0 Å². The molecular weight excluding hydrogens is 424 g/mol. The Morgan fingerprint density at radius 1 is 1.20 bits per heavy atom. The smallest absolute Gasteiger partial charge is 0.260 e. The van der Waals surface area contributed by atoms with Crippen LogP contribution in [-0.2, 0) is 18.6 Å². The molecule has 0 amide bonds. The molecule has 154 valence electrons. The molecule has 0 unspecified atom stereocenters. The van der Waals surface area contributed by atoms with E-state index in [2.05, 4.69) is 20.2 Å². The first-order valence-corrected chi connectivity index (χ1v) is 11.2. The van der Waals surface area contributed by atoms with Gasteiger partial charge in [-0.25, -0.2) is 4.98 Å². The van der Waals surface area contributed by atoms with Crippen LogP contribution in [0, 0.1) is 0 Å². The lowest BCUT2D eigenvalue weighted by atomic mass is 10.2. The Morgan fingerprint density at radius 3 is 2.90 bits per heavy atom. The van der Waals surface area contributed by atoms with Gasteiger partial charge in [-0.2, -0.15) is 0 Å². The van der Waals surface area contributed by atoms with Crippen molar-refractivity contribution in [2.24, 2.45) is 0 Å². The van der Waals surface area contributed by atoms with Gasteiger partial charge in [0.15, 0.2) is 16.7 Å². The number of nitrogens with one attached hydrogen (secondary N) is 1. The highest BCUT2D eigenvalue weighted by Crippen LogP contribution is 2.35. The molecule has 30 heavy (non-hydrogen) atoms. The van der Waals surface area contributed by atoms with Crippen molar-refractivity contribution in [1.29, 1.82) is 0 Å². The molecule has 0 spiro atoms. The summed E-state index contributed by atoms with van der Waals surface area (Å²) in [5, 5.41) is 9.53. The van der Waals surface area contributed by atoms with Crippen LogP contribution in [0.4, 0.5) is 0 Å². The topological polar surface area (TPSA) is 103 Å². The first-order valence-electron chi connectivity index (χ1n) is 9.38. The van der Waals surface area contributed by atoms with Gasteiger partial charge in [-0.05, 0) is 43.0 Å². The first kappa shape index (κ1) is 19.1. The van der Waals surface area contributed by atoms with Crippen molar-refractivity contribution >= 4 is 33.3 Å². The van der Waals surface area contributed by atoms with E-state index in [4.69, 9.17) is 13.9 Å². The Balaban J connectivity index is 1.34. The zero-order valence-corrected chi connectivity index (χ0v) is 18.0. The molecule has 0 saturated heterocycles. The molecule has 0 saturated carbocycles. The summed E-state index contributed by atoms with van der Waals surface area (Å²) in [6, 6.07) is 5.40. The van der Waals surface area contributed by atoms with Crippen LogP contribution in [0.5, 0.6) is 11.5 Å². The number of hydrogen-bond donors (Lipinski definition) is 1. The summed E-state index contributed by atoms with van der Waals surface area (Å²) in [5.74, 6) is 2.45. The van der Waals surface area contributed by atoms with Gasteiger partial charge in [-0.1, -0.05) is 11.8 Å². The average Bonchev–Trinajstić information content (AvgIpc) is 3.47. The van der Waals surface area contributed by atoms with Crippen LogP contribution in [0.25, 0.3) is 21.7 Å². The maximum absolute atomic E-state index is 12.6. The molecule has 8 nitrogen and oxygen atoms in total. The van der Waals surface area contributed by atoms with Crippen molar-refractivity contribution in [2.45, 2.75) is 30.2 Å². The van der Waals surface area contributed by atoms with E-state index in [1.807, 2.05) is 6.07 Å².